The zero-order valence-corrected chi connectivity index (χ0v) is 10.8. The minimum Gasteiger partial charge on any atom is -0.474 e. The third kappa shape index (κ3) is 5.13. The lowest BCUT2D eigenvalue weighted by atomic mass is 10.2. The third-order valence-electron chi connectivity index (χ3n) is 2.22. The van der Waals surface area contributed by atoms with Crippen LogP contribution in [0.15, 0.2) is 12.1 Å². The van der Waals surface area contributed by atoms with Crippen molar-refractivity contribution in [1.29, 1.82) is 5.26 Å². The largest absolute Gasteiger partial charge is 0.474 e. The van der Waals surface area contributed by atoms with Gasteiger partial charge in [-0.15, -0.1) is 0 Å². The molecule has 0 N–H and O–H groups in total. The van der Waals surface area contributed by atoms with Crippen molar-refractivity contribution in [2.24, 2.45) is 0 Å². The van der Waals surface area contributed by atoms with Gasteiger partial charge >= 0.3 is 0 Å². The lowest BCUT2D eigenvalue weighted by Gasteiger charge is -2.08. The van der Waals surface area contributed by atoms with Gasteiger partial charge in [-0.2, -0.15) is 5.26 Å². The highest BCUT2D eigenvalue weighted by atomic mass is 16.5. The summed E-state index contributed by atoms with van der Waals surface area (Å²) in [5, 5.41) is 8.89. The van der Waals surface area contributed by atoms with E-state index in [2.05, 4.69) is 4.98 Å². The van der Waals surface area contributed by atoms with Gasteiger partial charge in [0.25, 0.3) is 0 Å². The van der Waals surface area contributed by atoms with Crippen LogP contribution in [0, 0.1) is 18.3 Å². The molecule has 1 aromatic heterocycles. The molecule has 0 aliphatic heterocycles. The number of aromatic nitrogens is 1. The van der Waals surface area contributed by atoms with Crippen molar-refractivity contribution >= 4 is 0 Å². The number of nitrogens with zero attached hydrogens (tertiary/aromatic N) is 2. The Kier molecular flexibility index (Phi) is 6.77. The minimum absolute atomic E-state index is 0.373. The average Bonchev–Trinajstić information content (AvgIpc) is 2.38. The number of ether oxygens (including phenoxy) is 3. The Bertz CT molecular complexity index is 402. The molecule has 0 saturated heterocycles. The van der Waals surface area contributed by atoms with Gasteiger partial charge in [-0.05, 0) is 25.5 Å². The molecule has 1 heterocycles. The van der Waals surface area contributed by atoms with E-state index in [-0.39, 0.29) is 0 Å². The van der Waals surface area contributed by atoms with E-state index in [9.17, 15) is 0 Å². The highest BCUT2D eigenvalue weighted by molar-refractivity contribution is 5.38. The predicted octanol–water partition coefficient (Wildman–Crippen LogP) is 1.69. The fourth-order valence-electron chi connectivity index (χ4n) is 1.33. The number of nitriles is 1. The average molecular weight is 250 g/mol. The van der Waals surface area contributed by atoms with Crippen molar-refractivity contribution in [2.45, 2.75) is 13.3 Å². The van der Waals surface area contributed by atoms with Gasteiger partial charge in [-0.3, -0.25) is 0 Å². The van der Waals surface area contributed by atoms with Crippen molar-refractivity contribution in [3.8, 4) is 11.9 Å². The van der Waals surface area contributed by atoms with Crippen LogP contribution in [0.5, 0.6) is 5.88 Å². The molecule has 0 atom stereocenters. The van der Waals surface area contributed by atoms with E-state index in [1.807, 2.05) is 13.0 Å². The molecular weight excluding hydrogens is 232 g/mol. The zero-order valence-electron chi connectivity index (χ0n) is 10.8. The van der Waals surface area contributed by atoms with E-state index in [0.29, 0.717) is 37.9 Å². The summed E-state index contributed by atoms with van der Waals surface area (Å²) in [7, 11) is 1.66. The third-order valence-corrected chi connectivity index (χ3v) is 2.22. The molecule has 0 aromatic carbocycles. The van der Waals surface area contributed by atoms with E-state index in [1.165, 1.54) is 0 Å². The molecule has 0 saturated carbocycles. The minimum atomic E-state index is 0.373. The number of pyridine rings is 1. The van der Waals surface area contributed by atoms with Crippen LogP contribution in [0.3, 0.4) is 0 Å². The normalized spacial score (nSPS) is 10.1. The van der Waals surface area contributed by atoms with Crippen molar-refractivity contribution in [1.82, 2.24) is 4.98 Å². The first kappa shape index (κ1) is 14.4. The van der Waals surface area contributed by atoms with Gasteiger partial charge in [0.15, 0.2) is 0 Å². The molecule has 0 aliphatic rings. The monoisotopic (exact) mass is 250 g/mol. The highest BCUT2D eigenvalue weighted by Gasteiger charge is 2.04. The summed E-state index contributed by atoms with van der Waals surface area (Å²) in [4.78, 5) is 4.17. The lowest BCUT2D eigenvalue weighted by Crippen LogP contribution is -2.10. The van der Waals surface area contributed by atoms with Gasteiger partial charge in [0.05, 0.1) is 6.61 Å². The van der Waals surface area contributed by atoms with Gasteiger partial charge in [-0.25, -0.2) is 4.98 Å². The molecule has 0 radical (unpaired) electrons. The number of aryl methyl sites for hydroxylation is 1. The van der Waals surface area contributed by atoms with Crippen LogP contribution in [-0.4, -0.2) is 38.5 Å². The van der Waals surface area contributed by atoms with Crippen LogP contribution in [0.2, 0.25) is 0 Å². The van der Waals surface area contributed by atoms with Crippen LogP contribution in [0.25, 0.3) is 0 Å². The molecular formula is C13H18N2O3. The van der Waals surface area contributed by atoms with Crippen LogP contribution in [0.4, 0.5) is 0 Å². The fourth-order valence-corrected chi connectivity index (χ4v) is 1.33. The Morgan fingerprint density at radius 1 is 1.22 bits per heavy atom. The van der Waals surface area contributed by atoms with Crippen molar-refractivity contribution in [3.63, 3.8) is 0 Å². The quantitative estimate of drug-likeness (QED) is 0.657. The van der Waals surface area contributed by atoms with Crippen molar-refractivity contribution in [3.05, 3.63) is 23.4 Å². The van der Waals surface area contributed by atoms with Crippen LogP contribution >= 0.6 is 0 Å². The topological polar surface area (TPSA) is 64.4 Å². The molecule has 0 aliphatic carbocycles. The Hall–Kier alpha value is -1.64. The van der Waals surface area contributed by atoms with E-state index >= 15 is 0 Å². The summed E-state index contributed by atoms with van der Waals surface area (Å²) < 4.78 is 15.7. The maximum Gasteiger partial charge on any atom is 0.231 e. The maximum atomic E-state index is 8.89. The van der Waals surface area contributed by atoms with E-state index in [0.717, 1.165) is 12.1 Å². The summed E-state index contributed by atoms with van der Waals surface area (Å²) in [6.45, 7) is 4.06. The fraction of sp³-hybridized carbons (Fsp3) is 0.538. The van der Waals surface area contributed by atoms with E-state index in [4.69, 9.17) is 19.5 Å². The maximum absolute atomic E-state index is 8.89. The molecule has 0 spiro atoms. The van der Waals surface area contributed by atoms with E-state index < -0.39 is 0 Å². The number of hydrogen-bond donors (Lipinski definition) is 0. The molecule has 0 amide bonds. The van der Waals surface area contributed by atoms with Gasteiger partial charge < -0.3 is 14.2 Å². The van der Waals surface area contributed by atoms with E-state index in [1.54, 1.807) is 19.2 Å². The Morgan fingerprint density at radius 3 is 2.78 bits per heavy atom. The van der Waals surface area contributed by atoms with Crippen molar-refractivity contribution < 1.29 is 14.2 Å². The van der Waals surface area contributed by atoms with Crippen LogP contribution in [0.1, 0.15) is 17.7 Å². The predicted molar refractivity (Wildman–Crippen MR) is 66.5 cm³/mol. The molecule has 5 nitrogen and oxygen atoms in total. The lowest BCUT2D eigenvalue weighted by molar-refractivity contribution is 0.0794. The Morgan fingerprint density at radius 2 is 2.06 bits per heavy atom. The summed E-state index contributed by atoms with van der Waals surface area (Å²) in [5.74, 6) is 0.373. The molecule has 0 fully saturated rings. The Balaban J connectivity index is 2.27. The highest BCUT2D eigenvalue weighted by Crippen LogP contribution is 2.14. The number of hydrogen-bond acceptors (Lipinski definition) is 5. The molecule has 18 heavy (non-hydrogen) atoms. The number of rotatable bonds is 8. The van der Waals surface area contributed by atoms with Crippen molar-refractivity contribution in [2.75, 3.05) is 33.5 Å². The van der Waals surface area contributed by atoms with Gasteiger partial charge in [-0.1, -0.05) is 0 Å². The molecule has 0 unspecified atom stereocenters. The first-order chi connectivity index (χ1) is 8.77. The standard InChI is InChI=1S/C13H18N2O3/c1-11-4-5-12(10-14)13(15-11)18-9-8-17-7-3-6-16-2/h4-5H,3,6-9H2,1-2H3. The van der Waals surface area contributed by atoms with Gasteiger partial charge in [0, 0.05) is 26.0 Å². The van der Waals surface area contributed by atoms with Gasteiger partial charge in [0.1, 0.15) is 18.2 Å². The summed E-state index contributed by atoms with van der Waals surface area (Å²) >= 11 is 0. The van der Waals surface area contributed by atoms with Crippen LogP contribution in [-0.2, 0) is 9.47 Å². The first-order valence-corrected chi connectivity index (χ1v) is 5.85. The molecule has 5 heteroatoms. The summed E-state index contributed by atoms with van der Waals surface area (Å²) in [5.41, 5.74) is 1.27. The zero-order chi connectivity index (χ0) is 13.2. The first-order valence-electron chi connectivity index (χ1n) is 5.85. The molecule has 98 valence electrons. The smallest absolute Gasteiger partial charge is 0.231 e. The molecule has 1 aromatic rings. The second kappa shape index (κ2) is 8.45. The Labute approximate surface area is 107 Å². The second-order valence-electron chi connectivity index (χ2n) is 3.72. The SMILES string of the molecule is COCCCOCCOc1nc(C)ccc1C#N. The summed E-state index contributed by atoms with van der Waals surface area (Å²) in [6.07, 6.45) is 0.864. The van der Waals surface area contributed by atoms with Gasteiger partial charge in [0.2, 0.25) is 5.88 Å². The molecule has 0 bridgehead atoms. The second-order valence-corrected chi connectivity index (χ2v) is 3.72. The number of methoxy groups -OCH3 is 1. The summed E-state index contributed by atoms with van der Waals surface area (Å²) in [6, 6.07) is 5.54. The molecule has 1 rings (SSSR count). The van der Waals surface area contributed by atoms with Crippen LogP contribution < -0.4 is 4.74 Å².